The van der Waals surface area contributed by atoms with E-state index >= 15 is 0 Å². The van der Waals surface area contributed by atoms with Gasteiger partial charge in [-0.05, 0) is 6.42 Å². The highest BCUT2D eigenvalue weighted by molar-refractivity contribution is 4.77. The molecular formula is C12H24F3N3. The lowest BCUT2D eigenvalue weighted by Gasteiger charge is -2.36. The summed E-state index contributed by atoms with van der Waals surface area (Å²) in [6.45, 7) is 4.50. The summed E-state index contributed by atoms with van der Waals surface area (Å²) in [7, 11) is 0. The number of unbranched alkanes of at least 4 members (excludes halogenated alkanes) is 1. The number of piperazine rings is 1. The van der Waals surface area contributed by atoms with Crippen LogP contribution in [0.4, 0.5) is 13.2 Å². The van der Waals surface area contributed by atoms with Gasteiger partial charge in [0.1, 0.15) is 0 Å². The summed E-state index contributed by atoms with van der Waals surface area (Å²) in [6, 6.07) is 0.152. The zero-order chi connectivity index (χ0) is 13.6. The highest BCUT2D eigenvalue weighted by atomic mass is 19.4. The van der Waals surface area contributed by atoms with Crippen LogP contribution in [0.1, 0.15) is 26.2 Å². The minimum Gasteiger partial charge on any atom is -0.327 e. The minimum absolute atomic E-state index is 0.152. The first-order valence-corrected chi connectivity index (χ1v) is 6.67. The van der Waals surface area contributed by atoms with Gasteiger partial charge < -0.3 is 5.73 Å². The summed E-state index contributed by atoms with van der Waals surface area (Å²) in [5, 5.41) is 0. The molecule has 1 rings (SSSR count). The number of alkyl halides is 3. The van der Waals surface area contributed by atoms with Crippen molar-refractivity contribution >= 4 is 0 Å². The standard InChI is InChI=1S/C12H24F3N3/c1-2-3-4-11(16)9-17-5-7-18(8-6-17)10-12(13,14)15/h11H,2-10,16H2,1H3/t11-/m0/s1. The summed E-state index contributed by atoms with van der Waals surface area (Å²) in [4.78, 5) is 3.64. The molecule has 0 saturated carbocycles. The van der Waals surface area contributed by atoms with Crippen LogP contribution in [-0.4, -0.2) is 61.3 Å². The van der Waals surface area contributed by atoms with Gasteiger partial charge in [0.15, 0.2) is 0 Å². The van der Waals surface area contributed by atoms with Crippen molar-refractivity contribution in [1.29, 1.82) is 0 Å². The summed E-state index contributed by atoms with van der Waals surface area (Å²) >= 11 is 0. The van der Waals surface area contributed by atoms with E-state index in [1.54, 1.807) is 0 Å². The Labute approximate surface area is 107 Å². The lowest BCUT2D eigenvalue weighted by Crippen LogP contribution is -2.51. The normalized spacial score (nSPS) is 21.2. The molecule has 0 aromatic carbocycles. The topological polar surface area (TPSA) is 32.5 Å². The first-order chi connectivity index (χ1) is 8.40. The van der Waals surface area contributed by atoms with Crippen LogP contribution < -0.4 is 5.73 Å². The lowest BCUT2D eigenvalue weighted by atomic mass is 10.1. The molecule has 0 spiro atoms. The maximum absolute atomic E-state index is 12.2. The van der Waals surface area contributed by atoms with Crippen molar-refractivity contribution in [3.63, 3.8) is 0 Å². The summed E-state index contributed by atoms with van der Waals surface area (Å²) in [5.74, 6) is 0. The van der Waals surface area contributed by atoms with Crippen molar-refractivity contribution in [2.75, 3.05) is 39.3 Å². The Morgan fingerprint density at radius 2 is 1.67 bits per heavy atom. The molecule has 1 aliphatic heterocycles. The van der Waals surface area contributed by atoms with E-state index in [2.05, 4.69) is 11.8 Å². The first-order valence-electron chi connectivity index (χ1n) is 6.67. The van der Waals surface area contributed by atoms with Crippen LogP contribution in [-0.2, 0) is 0 Å². The molecule has 1 aliphatic rings. The predicted octanol–water partition coefficient (Wildman–Crippen LogP) is 1.68. The number of nitrogens with zero attached hydrogens (tertiary/aromatic N) is 2. The second-order valence-corrected chi connectivity index (χ2v) is 5.09. The maximum Gasteiger partial charge on any atom is 0.401 e. The van der Waals surface area contributed by atoms with E-state index < -0.39 is 12.7 Å². The molecule has 0 aliphatic carbocycles. The molecule has 0 radical (unpaired) electrons. The van der Waals surface area contributed by atoms with Gasteiger partial charge in [-0.25, -0.2) is 0 Å². The molecule has 3 nitrogen and oxygen atoms in total. The van der Waals surface area contributed by atoms with Crippen LogP contribution in [0.3, 0.4) is 0 Å². The zero-order valence-electron chi connectivity index (χ0n) is 11.0. The number of hydrogen-bond acceptors (Lipinski definition) is 3. The van der Waals surface area contributed by atoms with E-state index in [1.165, 1.54) is 4.90 Å². The van der Waals surface area contributed by atoms with E-state index in [-0.39, 0.29) is 6.04 Å². The average Bonchev–Trinajstić information content (AvgIpc) is 2.27. The van der Waals surface area contributed by atoms with E-state index in [0.29, 0.717) is 26.2 Å². The molecule has 1 saturated heterocycles. The fourth-order valence-electron chi connectivity index (χ4n) is 2.27. The molecule has 0 amide bonds. The van der Waals surface area contributed by atoms with Crippen LogP contribution in [0, 0.1) is 0 Å². The minimum atomic E-state index is -4.08. The Bertz CT molecular complexity index is 225. The van der Waals surface area contributed by atoms with Crippen molar-refractivity contribution < 1.29 is 13.2 Å². The summed E-state index contributed by atoms with van der Waals surface area (Å²) < 4.78 is 36.6. The predicted molar refractivity (Wildman–Crippen MR) is 66.4 cm³/mol. The van der Waals surface area contributed by atoms with E-state index in [4.69, 9.17) is 5.73 Å². The molecule has 108 valence electrons. The Balaban J connectivity index is 2.19. The van der Waals surface area contributed by atoms with E-state index in [9.17, 15) is 13.2 Å². The smallest absolute Gasteiger partial charge is 0.327 e. The molecule has 6 heteroatoms. The Hall–Kier alpha value is -0.330. The fraction of sp³-hybridized carbons (Fsp3) is 1.00. The third-order valence-corrected chi connectivity index (χ3v) is 3.29. The molecule has 0 unspecified atom stereocenters. The molecule has 1 fully saturated rings. The third-order valence-electron chi connectivity index (χ3n) is 3.29. The Morgan fingerprint density at radius 1 is 1.11 bits per heavy atom. The number of halogens is 3. The molecule has 0 bridgehead atoms. The first kappa shape index (κ1) is 15.7. The third kappa shape index (κ3) is 6.56. The molecule has 0 aromatic heterocycles. The van der Waals surface area contributed by atoms with E-state index in [0.717, 1.165) is 25.8 Å². The lowest BCUT2D eigenvalue weighted by molar-refractivity contribution is -0.149. The van der Waals surface area contributed by atoms with Crippen molar-refractivity contribution in [3.05, 3.63) is 0 Å². The average molecular weight is 267 g/mol. The second-order valence-electron chi connectivity index (χ2n) is 5.09. The quantitative estimate of drug-likeness (QED) is 0.795. The molecule has 2 N–H and O–H groups in total. The van der Waals surface area contributed by atoms with Crippen LogP contribution in [0.15, 0.2) is 0 Å². The van der Waals surface area contributed by atoms with Gasteiger partial charge in [-0.3, -0.25) is 9.80 Å². The highest BCUT2D eigenvalue weighted by Crippen LogP contribution is 2.17. The van der Waals surface area contributed by atoms with Crippen LogP contribution >= 0.6 is 0 Å². The van der Waals surface area contributed by atoms with Crippen molar-refractivity contribution in [3.8, 4) is 0 Å². The number of nitrogens with two attached hydrogens (primary N) is 1. The SMILES string of the molecule is CCCC[C@H](N)CN1CCN(CC(F)(F)F)CC1. The summed E-state index contributed by atoms with van der Waals surface area (Å²) in [6.07, 6.45) is -0.832. The van der Waals surface area contributed by atoms with Gasteiger partial charge in [-0.15, -0.1) is 0 Å². The van der Waals surface area contributed by atoms with Crippen molar-refractivity contribution in [1.82, 2.24) is 9.80 Å². The fourth-order valence-corrected chi connectivity index (χ4v) is 2.27. The molecule has 18 heavy (non-hydrogen) atoms. The van der Waals surface area contributed by atoms with Crippen molar-refractivity contribution in [2.45, 2.75) is 38.4 Å². The van der Waals surface area contributed by atoms with Gasteiger partial charge >= 0.3 is 6.18 Å². The zero-order valence-corrected chi connectivity index (χ0v) is 11.0. The van der Waals surface area contributed by atoms with Crippen LogP contribution in [0.5, 0.6) is 0 Å². The van der Waals surface area contributed by atoms with Gasteiger partial charge in [-0.2, -0.15) is 13.2 Å². The number of hydrogen-bond donors (Lipinski definition) is 1. The van der Waals surface area contributed by atoms with Gasteiger partial charge in [0.05, 0.1) is 6.54 Å². The highest BCUT2D eigenvalue weighted by Gasteiger charge is 2.32. The second kappa shape index (κ2) is 7.31. The van der Waals surface area contributed by atoms with Gasteiger partial charge in [-0.1, -0.05) is 19.8 Å². The van der Waals surface area contributed by atoms with Crippen LogP contribution in [0.25, 0.3) is 0 Å². The molecule has 0 aromatic rings. The molecule has 1 heterocycles. The van der Waals surface area contributed by atoms with Gasteiger partial charge in [0.25, 0.3) is 0 Å². The summed E-state index contributed by atoms with van der Waals surface area (Å²) in [5.41, 5.74) is 5.99. The van der Waals surface area contributed by atoms with E-state index in [1.807, 2.05) is 0 Å². The van der Waals surface area contributed by atoms with Gasteiger partial charge in [0, 0.05) is 38.8 Å². The van der Waals surface area contributed by atoms with Gasteiger partial charge in [0.2, 0.25) is 0 Å². The Morgan fingerprint density at radius 3 is 2.17 bits per heavy atom. The molecular weight excluding hydrogens is 243 g/mol. The maximum atomic E-state index is 12.2. The monoisotopic (exact) mass is 267 g/mol. The molecule has 1 atom stereocenters. The number of rotatable bonds is 6. The largest absolute Gasteiger partial charge is 0.401 e. The Kier molecular flexibility index (Phi) is 6.38. The van der Waals surface area contributed by atoms with Crippen LogP contribution in [0.2, 0.25) is 0 Å². The van der Waals surface area contributed by atoms with Crippen molar-refractivity contribution in [2.24, 2.45) is 5.73 Å².